The Bertz CT molecular complexity index is 501. The van der Waals surface area contributed by atoms with Gasteiger partial charge in [-0.1, -0.05) is 32.4 Å². The maximum atomic E-state index is 5.66. The van der Waals surface area contributed by atoms with Gasteiger partial charge in [-0.25, -0.2) is 0 Å². The Morgan fingerprint density at radius 1 is 0.963 bits per heavy atom. The lowest BCUT2D eigenvalue weighted by atomic mass is 10.2. The summed E-state index contributed by atoms with van der Waals surface area (Å²) in [6.45, 7) is 9.11. The van der Waals surface area contributed by atoms with Crippen LogP contribution in [0, 0.1) is 0 Å². The van der Waals surface area contributed by atoms with E-state index in [1.807, 2.05) is 12.1 Å². The fourth-order valence-corrected chi connectivity index (χ4v) is 2.18. The molecular weight excluding hydrogens is 457 g/mol. The highest BCUT2D eigenvalue weighted by Crippen LogP contribution is 2.13. The van der Waals surface area contributed by atoms with E-state index in [1.165, 1.54) is 0 Å². The van der Waals surface area contributed by atoms with Crippen LogP contribution in [0.5, 0.6) is 5.75 Å². The van der Waals surface area contributed by atoms with Crippen LogP contribution in [0.25, 0.3) is 0 Å². The topological polar surface area (TPSA) is 64.1 Å². The molecule has 1 aromatic carbocycles. The molecule has 0 saturated heterocycles. The molecule has 2 N–H and O–H groups in total. The van der Waals surface area contributed by atoms with Gasteiger partial charge in [-0.2, -0.15) is 0 Å². The number of unbranched alkanes of at least 4 members (excludes halogenated alkanes) is 1. The van der Waals surface area contributed by atoms with Crippen LogP contribution in [0.15, 0.2) is 29.3 Å². The van der Waals surface area contributed by atoms with Crippen LogP contribution >= 0.6 is 24.0 Å². The lowest BCUT2D eigenvalue weighted by molar-refractivity contribution is 0.0487. The van der Waals surface area contributed by atoms with Crippen molar-refractivity contribution in [2.45, 2.75) is 39.7 Å². The van der Waals surface area contributed by atoms with E-state index in [9.17, 15) is 0 Å². The zero-order chi connectivity index (χ0) is 18.9. The summed E-state index contributed by atoms with van der Waals surface area (Å²) < 4.78 is 16.7. The Hall–Kier alpha value is -1.06. The first-order chi connectivity index (χ1) is 12.8. The van der Waals surface area contributed by atoms with Gasteiger partial charge in [0.15, 0.2) is 5.96 Å². The highest BCUT2D eigenvalue weighted by atomic mass is 127. The molecule has 0 heterocycles. The number of aliphatic imine (C=N–C) groups is 1. The average molecular weight is 493 g/mol. The van der Waals surface area contributed by atoms with Crippen molar-refractivity contribution >= 4 is 29.9 Å². The number of ether oxygens (including phenoxy) is 3. The predicted molar refractivity (Wildman–Crippen MR) is 122 cm³/mol. The third-order valence-corrected chi connectivity index (χ3v) is 3.61. The highest BCUT2D eigenvalue weighted by molar-refractivity contribution is 14.0. The summed E-state index contributed by atoms with van der Waals surface area (Å²) in [5, 5.41) is 6.54. The van der Waals surface area contributed by atoms with Gasteiger partial charge in [0.05, 0.1) is 26.4 Å². The van der Waals surface area contributed by atoms with Crippen molar-refractivity contribution in [2.24, 2.45) is 4.99 Å². The molecule has 0 fully saturated rings. The minimum Gasteiger partial charge on any atom is -0.494 e. The normalized spacial score (nSPS) is 11.0. The van der Waals surface area contributed by atoms with Gasteiger partial charge in [0.25, 0.3) is 0 Å². The van der Waals surface area contributed by atoms with Crippen LogP contribution in [0.2, 0.25) is 0 Å². The van der Waals surface area contributed by atoms with Crippen LogP contribution in [-0.4, -0.2) is 52.6 Å². The summed E-state index contributed by atoms with van der Waals surface area (Å²) >= 11 is 0. The molecule has 27 heavy (non-hydrogen) atoms. The van der Waals surface area contributed by atoms with Crippen molar-refractivity contribution < 1.29 is 14.2 Å². The largest absolute Gasteiger partial charge is 0.494 e. The number of nitrogens with one attached hydrogen (secondary N) is 2. The molecule has 0 aliphatic heterocycles. The van der Waals surface area contributed by atoms with Crippen molar-refractivity contribution in [1.29, 1.82) is 0 Å². The van der Waals surface area contributed by atoms with Gasteiger partial charge in [0.2, 0.25) is 0 Å². The van der Waals surface area contributed by atoms with Gasteiger partial charge in [0.1, 0.15) is 5.75 Å². The second-order valence-corrected chi connectivity index (χ2v) is 5.93. The zero-order valence-electron chi connectivity index (χ0n) is 17.0. The third-order valence-electron chi connectivity index (χ3n) is 3.61. The second kappa shape index (κ2) is 18.3. The van der Waals surface area contributed by atoms with Crippen LogP contribution in [0.4, 0.5) is 0 Å². The van der Waals surface area contributed by atoms with Crippen LogP contribution in [0.1, 0.15) is 38.7 Å². The number of nitrogens with zero attached hydrogens (tertiary/aromatic N) is 1. The van der Waals surface area contributed by atoms with Crippen LogP contribution < -0.4 is 15.4 Å². The van der Waals surface area contributed by atoms with E-state index in [0.29, 0.717) is 32.9 Å². The van der Waals surface area contributed by atoms with Crippen molar-refractivity contribution in [3.8, 4) is 5.75 Å². The molecule has 1 aromatic rings. The number of hydrogen-bond donors (Lipinski definition) is 2. The van der Waals surface area contributed by atoms with Crippen molar-refractivity contribution in [3.05, 3.63) is 29.8 Å². The highest BCUT2D eigenvalue weighted by Gasteiger charge is 2.00. The van der Waals surface area contributed by atoms with Gasteiger partial charge in [-0.15, -0.1) is 24.0 Å². The molecular formula is C20H36IN3O3. The molecule has 0 spiro atoms. The second-order valence-electron chi connectivity index (χ2n) is 5.93. The Kier molecular flexibility index (Phi) is 17.6. The van der Waals surface area contributed by atoms with Gasteiger partial charge in [-0.05, 0) is 30.5 Å². The maximum absolute atomic E-state index is 5.66. The number of hydrogen-bond acceptors (Lipinski definition) is 4. The van der Waals surface area contributed by atoms with E-state index in [0.717, 1.165) is 49.7 Å². The van der Waals surface area contributed by atoms with Crippen LogP contribution in [0.3, 0.4) is 0 Å². The molecule has 0 saturated carbocycles. The molecule has 0 aliphatic rings. The molecule has 156 valence electrons. The SMILES string of the molecule is CCCCOCCOCCNC(=NC)NCc1cccc(OCCC)c1.I. The lowest BCUT2D eigenvalue weighted by Gasteiger charge is -2.13. The number of benzene rings is 1. The van der Waals surface area contributed by atoms with Crippen molar-refractivity contribution in [3.63, 3.8) is 0 Å². The number of guanidine groups is 1. The fourth-order valence-electron chi connectivity index (χ4n) is 2.18. The standard InChI is InChI=1S/C20H35N3O3.HI/c1-4-6-12-24-14-15-25-13-10-22-20(21-3)23-17-18-8-7-9-19(16-18)26-11-5-2;/h7-9,16H,4-6,10-15,17H2,1-3H3,(H2,21,22,23);1H. The molecule has 0 aromatic heterocycles. The van der Waals surface area contributed by atoms with Crippen molar-refractivity contribution in [2.75, 3.05) is 46.6 Å². The summed E-state index contributed by atoms with van der Waals surface area (Å²) in [7, 11) is 1.76. The minimum absolute atomic E-state index is 0. The Balaban J connectivity index is 0.00000676. The van der Waals surface area contributed by atoms with Gasteiger partial charge in [0, 0.05) is 26.7 Å². The average Bonchev–Trinajstić information content (AvgIpc) is 2.67. The fraction of sp³-hybridized carbons (Fsp3) is 0.650. The Morgan fingerprint density at radius 3 is 2.44 bits per heavy atom. The third kappa shape index (κ3) is 13.7. The summed E-state index contributed by atoms with van der Waals surface area (Å²) in [5.74, 6) is 1.66. The molecule has 0 amide bonds. The summed E-state index contributed by atoms with van der Waals surface area (Å²) in [4.78, 5) is 4.23. The maximum Gasteiger partial charge on any atom is 0.191 e. The van der Waals surface area contributed by atoms with Gasteiger partial charge < -0.3 is 24.8 Å². The molecule has 6 nitrogen and oxygen atoms in total. The number of rotatable bonds is 14. The molecule has 0 atom stereocenters. The monoisotopic (exact) mass is 493 g/mol. The summed E-state index contributed by atoms with van der Waals surface area (Å²) in [5.41, 5.74) is 1.15. The van der Waals surface area contributed by atoms with E-state index in [-0.39, 0.29) is 24.0 Å². The van der Waals surface area contributed by atoms with Gasteiger partial charge in [-0.3, -0.25) is 4.99 Å². The van der Waals surface area contributed by atoms with E-state index in [4.69, 9.17) is 14.2 Å². The Morgan fingerprint density at radius 2 is 1.74 bits per heavy atom. The van der Waals surface area contributed by atoms with E-state index >= 15 is 0 Å². The first-order valence-corrected chi connectivity index (χ1v) is 9.61. The quantitative estimate of drug-likeness (QED) is 0.180. The predicted octanol–water partition coefficient (Wildman–Crippen LogP) is 3.59. The lowest BCUT2D eigenvalue weighted by Crippen LogP contribution is -2.38. The molecule has 7 heteroatoms. The smallest absolute Gasteiger partial charge is 0.191 e. The van der Waals surface area contributed by atoms with E-state index in [2.05, 4.69) is 41.6 Å². The first kappa shape index (κ1) is 25.9. The molecule has 0 bridgehead atoms. The van der Waals surface area contributed by atoms with Gasteiger partial charge >= 0.3 is 0 Å². The Labute approximate surface area is 181 Å². The first-order valence-electron chi connectivity index (χ1n) is 9.61. The van der Waals surface area contributed by atoms with Crippen molar-refractivity contribution in [1.82, 2.24) is 10.6 Å². The zero-order valence-corrected chi connectivity index (χ0v) is 19.3. The molecule has 1 rings (SSSR count). The molecule has 0 unspecified atom stereocenters. The summed E-state index contributed by atoms with van der Waals surface area (Å²) in [6, 6.07) is 8.11. The van der Waals surface area contributed by atoms with E-state index in [1.54, 1.807) is 7.05 Å². The summed E-state index contributed by atoms with van der Waals surface area (Å²) in [6.07, 6.45) is 3.27. The molecule has 0 radical (unpaired) electrons. The number of halogens is 1. The minimum atomic E-state index is 0. The van der Waals surface area contributed by atoms with Crippen LogP contribution in [-0.2, 0) is 16.0 Å². The van der Waals surface area contributed by atoms with E-state index < -0.39 is 0 Å². The molecule has 0 aliphatic carbocycles.